The van der Waals surface area contributed by atoms with Gasteiger partial charge >= 0.3 is 5.97 Å². The number of nitrogens with zero attached hydrogens (tertiary/aromatic N) is 1. The first-order chi connectivity index (χ1) is 12.9. The maximum atomic E-state index is 12.9. The van der Waals surface area contributed by atoms with E-state index in [-0.39, 0.29) is 6.54 Å². The molecule has 6 nitrogen and oxygen atoms in total. The van der Waals surface area contributed by atoms with Crippen LogP contribution in [0.4, 0.5) is 10.1 Å². The molecule has 2 aromatic carbocycles. The highest BCUT2D eigenvalue weighted by molar-refractivity contribution is 7.98. The summed E-state index contributed by atoms with van der Waals surface area (Å²) in [5, 5.41) is 2.55. The van der Waals surface area contributed by atoms with Gasteiger partial charge in [-0.1, -0.05) is 12.1 Å². The molecule has 0 aliphatic carbocycles. The zero-order chi connectivity index (χ0) is 19.8. The first-order valence-electron chi connectivity index (χ1n) is 8.00. The summed E-state index contributed by atoms with van der Waals surface area (Å²) in [6.45, 7) is -0.697. The van der Waals surface area contributed by atoms with E-state index in [9.17, 15) is 18.8 Å². The van der Waals surface area contributed by atoms with E-state index in [2.05, 4.69) is 5.32 Å². The third-order valence-corrected chi connectivity index (χ3v) is 4.38. The van der Waals surface area contributed by atoms with Crippen molar-refractivity contribution in [1.82, 2.24) is 4.90 Å². The summed E-state index contributed by atoms with van der Waals surface area (Å²) in [5.74, 6) is -1.97. The number of carbonyl (C=O) groups is 3. The molecule has 8 heteroatoms. The van der Waals surface area contributed by atoms with Gasteiger partial charge in [-0.15, -0.1) is 11.8 Å². The molecule has 0 radical (unpaired) electrons. The zero-order valence-electron chi connectivity index (χ0n) is 14.9. The highest BCUT2D eigenvalue weighted by atomic mass is 32.2. The minimum absolute atomic E-state index is 0.227. The predicted molar refractivity (Wildman–Crippen MR) is 101 cm³/mol. The lowest BCUT2D eigenvalue weighted by Gasteiger charge is -2.17. The Kier molecular flexibility index (Phi) is 7.36. The van der Waals surface area contributed by atoms with Crippen molar-refractivity contribution in [3.63, 3.8) is 0 Å². The van der Waals surface area contributed by atoms with Gasteiger partial charge in [-0.2, -0.15) is 0 Å². The van der Waals surface area contributed by atoms with Crippen LogP contribution in [0, 0.1) is 5.82 Å². The average Bonchev–Trinajstić information content (AvgIpc) is 2.67. The Morgan fingerprint density at radius 1 is 1.11 bits per heavy atom. The maximum absolute atomic E-state index is 12.9. The molecule has 27 heavy (non-hydrogen) atoms. The number of benzene rings is 2. The van der Waals surface area contributed by atoms with E-state index in [0.29, 0.717) is 11.3 Å². The molecule has 0 spiro atoms. The van der Waals surface area contributed by atoms with E-state index in [0.717, 1.165) is 9.80 Å². The molecule has 142 valence electrons. The lowest BCUT2D eigenvalue weighted by Crippen LogP contribution is -2.37. The van der Waals surface area contributed by atoms with E-state index in [1.165, 1.54) is 43.1 Å². The summed E-state index contributed by atoms with van der Waals surface area (Å²) < 4.78 is 17.9. The fourth-order valence-electron chi connectivity index (χ4n) is 2.17. The van der Waals surface area contributed by atoms with Gasteiger partial charge in [0.25, 0.3) is 5.91 Å². The number of ether oxygens (including phenoxy) is 1. The Labute approximate surface area is 160 Å². The monoisotopic (exact) mass is 390 g/mol. The number of esters is 1. The topological polar surface area (TPSA) is 75.7 Å². The van der Waals surface area contributed by atoms with Crippen LogP contribution < -0.4 is 5.32 Å². The summed E-state index contributed by atoms with van der Waals surface area (Å²) >= 11 is 1.40. The normalized spacial score (nSPS) is 10.2. The van der Waals surface area contributed by atoms with Gasteiger partial charge in [0.05, 0.1) is 12.1 Å². The molecule has 0 saturated carbocycles. The van der Waals surface area contributed by atoms with Crippen molar-refractivity contribution in [2.24, 2.45) is 0 Å². The number of rotatable bonds is 7. The standard InChI is InChI=1S/C19H19FN2O4S/c1-22(11-17(23)21-14-9-7-13(20)8-10-14)18(24)12-26-19(25)15-5-3-4-6-16(15)27-2/h3-10H,11-12H2,1-2H3,(H,21,23). The number of hydrogen-bond donors (Lipinski definition) is 1. The quantitative estimate of drug-likeness (QED) is 0.581. The highest BCUT2D eigenvalue weighted by Crippen LogP contribution is 2.20. The number of nitrogens with one attached hydrogen (secondary N) is 1. The van der Waals surface area contributed by atoms with Crippen LogP contribution in [-0.2, 0) is 14.3 Å². The number of halogens is 1. The molecule has 0 bridgehead atoms. The van der Waals surface area contributed by atoms with Crippen LogP contribution in [0.25, 0.3) is 0 Å². The van der Waals surface area contributed by atoms with E-state index >= 15 is 0 Å². The van der Waals surface area contributed by atoms with Crippen LogP contribution >= 0.6 is 11.8 Å². The molecular formula is C19H19FN2O4S. The average molecular weight is 390 g/mol. The van der Waals surface area contributed by atoms with Crippen molar-refractivity contribution in [2.75, 3.05) is 31.8 Å². The van der Waals surface area contributed by atoms with E-state index in [1.807, 2.05) is 6.26 Å². The second-order valence-electron chi connectivity index (χ2n) is 5.58. The van der Waals surface area contributed by atoms with Crippen LogP contribution in [0.5, 0.6) is 0 Å². The van der Waals surface area contributed by atoms with E-state index in [4.69, 9.17) is 4.74 Å². The summed E-state index contributed by atoms with van der Waals surface area (Å²) in [7, 11) is 1.43. The number of likely N-dealkylation sites (N-methyl/N-ethyl adjacent to an activating group) is 1. The lowest BCUT2D eigenvalue weighted by atomic mass is 10.2. The van der Waals surface area contributed by atoms with Crippen molar-refractivity contribution in [2.45, 2.75) is 4.90 Å². The number of amides is 2. The molecular weight excluding hydrogens is 371 g/mol. The van der Waals surface area contributed by atoms with E-state index in [1.54, 1.807) is 24.3 Å². The second-order valence-corrected chi connectivity index (χ2v) is 6.43. The molecule has 0 aliphatic heterocycles. The third-order valence-electron chi connectivity index (χ3n) is 3.59. The van der Waals surface area contributed by atoms with Crippen molar-refractivity contribution in [3.05, 3.63) is 59.9 Å². The number of hydrogen-bond acceptors (Lipinski definition) is 5. The second kappa shape index (κ2) is 9.72. The van der Waals surface area contributed by atoms with Crippen molar-refractivity contribution in [1.29, 1.82) is 0 Å². The van der Waals surface area contributed by atoms with Crippen LogP contribution in [0.15, 0.2) is 53.4 Å². The maximum Gasteiger partial charge on any atom is 0.339 e. The van der Waals surface area contributed by atoms with Crippen molar-refractivity contribution < 1.29 is 23.5 Å². The summed E-state index contributed by atoms with van der Waals surface area (Å²) in [4.78, 5) is 38.0. The third kappa shape index (κ3) is 6.10. The van der Waals surface area contributed by atoms with E-state index < -0.39 is 30.2 Å². The predicted octanol–water partition coefficient (Wildman–Crippen LogP) is 2.80. The molecule has 0 aliphatic rings. The van der Waals surface area contributed by atoms with Gasteiger partial charge in [0.1, 0.15) is 5.82 Å². The smallest absolute Gasteiger partial charge is 0.339 e. The van der Waals surface area contributed by atoms with Gasteiger partial charge < -0.3 is 15.0 Å². The molecule has 0 fully saturated rings. The molecule has 0 aromatic heterocycles. The molecule has 2 aromatic rings. The summed E-state index contributed by atoms with van der Waals surface area (Å²) in [6.07, 6.45) is 1.84. The van der Waals surface area contributed by atoms with Crippen LogP contribution in [0.2, 0.25) is 0 Å². The van der Waals surface area contributed by atoms with Crippen LogP contribution in [-0.4, -0.2) is 49.1 Å². The lowest BCUT2D eigenvalue weighted by molar-refractivity contribution is -0.136. The number of thioether (sulfide) groups is 1. The molecule has 0 saturated heterocycles. The van der Waals surface area contributed by atoms with Gasteiger partial charge in [0.2, 0.25) is 5.91 Å². The summed E-state index contributed by atoms with van der Waals surface area (Å²) in [5.41, 5.74) is 0.803. The zero-order valence-corrected chi connectivity index (χ0v) is 15.7. The fraction of sp³-hybridized carbons (Fsp3) is 0.211. The van der Waals surface area contributed by atoms with Crippen molar-refractivity contribution in [3.8, 4) is 0 Å². The Balaban J connectivity index is 1.83. The minimum Gasteiger partial charge on any atom is -0.452 e. The molecule has 0 atom stereocenters. The number of anilines is 1. The van der Waals surface area contributed by atoms with Gasteiger partial charge in [-0.05, 0) is 42.7 Å². The molecule has 2 rings (SSSR count). The van der Waals surface area contributed by atoms with Gasteiger partial charge in [-0.3, -0.25) is 9.59 Å². The Morgan fingerprint density at radius 2 is 1.78 bits per heavy atom. The van der Waals surface area contributed by atoms with Gasteiger partial charge in [0.15, 0.2) is 6.61 Å². The van der Waals surface area contributed by atoms with Gasteiger partial charge in [0, 0.05) is 17.6 Å². The van der Waals surface area contributed by atoms with Gasteiger partial charge in [-0.25, -0.2) is 9.18 Å². The highest BCUT2D eigenvalue weighted by Gasteiger charge is 2.17. The summed E-state index contributed by atoms with van der Waals surface area (Å²) in [6, 6.07) is 12.2. The largest absolute Gasteiger partial charge is 0.452 e. The number of carbonyl (C=O) groups excluding carboxylic acids is 3. The Hall–Kier alpha value is -2.87. The first-order valence-corrected chi connectivity index (χ1v) is 9.22. The van der Waals surface area contributed by atoms with Crippen LogP contribution in [0.1, 0.15) is 10.4 Å². The van der Waals surface area contributed by atoms with Crippen molar-refractivity contribution >= 4 is 35.2 Å². The van der Waals surface area contributed by atoms with Crippen LogP contribution in [0.3, 0.4) is 0 Å². The molecule has 1 N–H and O–H groups in total. The first kappa shape index (κ1) is 20.4. The SMILES string of the molecule is CSc1ccccc1C(=O)OCC(=O)N(C)CC(=O)Nc1ccc(F)cc1. The Morgan fingerprint density at radius 3 is 2.44 bits per heavy atom. The Bertz CT molecular complexity index is 827. The molecule has 0 unspecified atom stereocenters. The molecule has 0 heterocycles. The fourth-order valence-corrected chi connectivity index (χ4v) is 2.75. The molecule has 2 amide bonds. The minimum atomic E-state index is -0.600.